The second-order valence-corrected chi connectivity index (χ2v) is 5.91. The highest BCUT2D eigenvalue weighted by atomic mass is 16.6. The lowest BCUT2D eigenvalue weighted by Gasteiger charge is -2.33. The number of piperidine rings is 1. The van der Waals surface area contributed by atoms with Crippen LogP contribution in [0.4, 0.5) is 4.79 Å². The number of aliphatic hydroxyl groups is 1. The molecule has 1 aliphatic heterocycles. The molecular weight excluding hydrogens is 254 g/mol. The van der Waals surface area contributed by atoms with Crippen molar-refractivity contribution in [1.82, 2.24) is 4.90 Å². The van der Waals surface area contributed by atoms with Crippen LogP contribution in [-0.4, -0.2) is 34.8 Å². The largest absolute Gasteiger partial charge is 0.445 e. The van der Waals surface area contributed by atoms with Crippen LogP contribution in [0.5, 0.6) is 0 Å². The number of carbonyl (C=O) groups is 1. The van der Waals surface area contributed by atoms with E-state index >= 15 is 0 Å². The monoisotopic (exact) mass is 275 g/mol. The Morgan fingerprint density at radius 3 is 2.50 bits per heavy atom. The summed E-state index contributed by atoms with van der Waals surface area (Å²) in [4.78, 5) is 13.7. The zero-order valence-electron chi connectivity index (χ0n) is 11.6. The quantitative estimate of drug-likeness (QED) is 0.922. The molecule has 0 spiro atoms. The van der Waals surface area contributed by atoms with E-state index in [0.717, 1.165) is 31.2 Å². The topological polar surface area (TPSA) is 49.8 Å². The number of benzene rings is 1. The van der Waals surface area contributed by atoms with Crippen molar-refractivity contribution in [2.75, 3.05) is 13.1 Å². The summed E-state index contributed by atoms with van der Waals surface area (Å²) in [5.74, 6) is 0.362. The average molecular weight is 275 g/mol. The molecule has 0 unspecified atom stereocenters. The smallest absolute Gasteiger partial charge is 0.410 e. The molecule has 0 aromatic heterocycles. The maximum Gasteiger partial charge on any atom is 0.410 e. The number of nitrogens with zero attached hydrogens (tertiary/aromatic N) is 1. The van der Waals surface area contributed by atoms with Gasteiger partial charge in [0.1, 0.15) is 6.61 Å². The molecule has 0 radical (unpaired) electrons. The normalized spacial score (nSPS) is 21.6. The lowest BCUT2D eigenvalue weighted by atomic mass is 9.89. The molecule has 1 saturated heterocycles. The molecule has 20 heavy (non-hydrogen) atoms. The van der Waals surface area contributed by atoms with Gasteiger partial charge in [-0.2, -0.15) is 0 Å². The molecular formula is C16H21NO3. The minimum Gasteiger partial charge on any atom is -0.445 e. The molecule has 3 rings (SSSR count). The summed E-state index contributed by atoms with van der Waals surface area (Å²) in [5.41, 5.74) is 0.586. The predicted molar refractivity (Wildman–Crippen MR) is 75.1 cm³/mol. The summed E-state index contributed by atoms with van der Waals surface area (Å²) in [6.07, 6.45) is 3.38. The van der Waals surface area contributed by atoms with Gasteiger partial charge in [-0.1, -0.05) is 30.3 Å². The summed E-state index contributed by atoms with van der Waals surface area (Å²) in [6, 6.07) is 9.71. The Balaban J connectivity index is 1.45. The molecule has 1 aromatic carbocycles. The van der Waals surface area contributed by atoms with Gasteiger partial charge < -0.3 is 14.7 Å². The molecule has 2 fully saturated rings. The first-order valence-corrected chi connectivity index (χ1v) is 7.35. The molecule has 4 heteroatoms. The standard InChI is InChI=1S/C16H21NO3/c18-15(20-12-13-4-2-1-3-5-13)17-10-6-14(7-11-17)16(19)8-9-16/h1-5,14,19H,6-12H2. The van der Waals surface area contributed by atoms with Crippen LogP contribution < -0.4 is 0 Å². The summed E-state index contributed by atoms with van der Waals surface area (Å²) in [7, 11) is 0. The van der Waals surface area contributed by atoms with Gasteiger partial charge in [0, 0.05) is 13.1 Å². The number of hydrogen-bond donors (Lipinski definition) is 1. The molecule has 1 amide bonds. The molecule has 1 aromatic rings. The lowest BCUT2D eigenvalue weighted by Crippen LogP contribution is -2.42. The van der Waals surface area contributed by atoms with E-state index in [9.17, 15) is 9.90 Å². The van der Waals surface area contributed by atoms with Crippen molar-refractivity contribution >= 4 is 6.09 Å². The SMILES string of the molecule is O=C(OCc1ccccc1)N1CCC(C2(O)CC2)CC1. The predicted octanol–water partition coefficient (Wildman–Crippen LogP) is 2.56. The van der Waals surface area contributed by atoms with Crippen LogP contribution in [0.3, 0.4) is 0 Å². The van der Waals surface area contributed by atoms with Crippen LogP contribution in [0, 0.1) is 5.92 Å². The molecule has 1 heterocycles. The second-order valence-electron chi connectivity index (χ2n) is 5.91. The third-order valence-corrected chi connectivity index (χ3v) is 4.48. The molecule has 1 saturated carbocycles. The van der Waals surface area contributed by atoms with Gasteiger partial charge in [-0.05, 0) is 37.2 Å². The van der Waals surface area contributed by atoms with Crippen molar-refractivity contribution in [3.63, 3.8) is 0 Å². The fourth-order valence-electron chi connectivity index (χ4n) is 2.95. The van der Waals surface area contributed by atoms with E-state index < -0.39 is 5.60 Å². The minimum atomic E-state index is -0.417. The van der Waals surface area contributed by atoms with Crippen LogP contribution in [-0.2, 0) is 11.3 Å². The fourth-order valence-corrected chi connectivity index (χ4v) is 2.95. The zero-order chi connectivity index (χ0) is 14.0. The Hall–Kier alpha value is -1.55. The van der Waals surface area contributed by atoms with Gasteiger partial charge in [0.25, 0.3) is 0 Å². The van der Waals surface area contributed by atoms with E-state index in [-0.39, 0.29) is 6.09 Å². The number of ether oxygens (including phenoxy) is 1. The maximum absolute atomic E-state index is 12.0. The maximum atomic E-state index is 12.0. The Morgan fingerprint density at radius 2 is 1.90 bits per heavy atom. The Kier molecular flexibility index (Phi) is 3.66. The number of hydrogen-bond acceptors (Lipinski definition) is 3. The third kappa shape index (κ3) is 2.96. The van der Waals surface area contributed by atoms with Gasteiger partial charge in [0.2, 0.25) is 0 Å². The van der Waals surface area contributed by atoms with E-state index in [4.69, 9.17) is 4.74 Å². The van der Waals surface area contributed by atoms with Crippen LogP contribution in [0.15, 0.2) is 30.3 Å². The third-order valence-electron chi connectivity index (χ3n) is 4.48. The first kappa shape index (κ1) is 13.4. The summed E-state index contributed by atoms with van der Waals surface area (Å²) < 4.78 is 5.33. The summed E-state index contributed by atoms with van der Waals surface area (Å²) in [6.45, 7) is 1.71. The zero-order valence-corrected chi connectivity index (χ0v) is 11.6. The molecule has 0 bridgehead atoms. The van der Waals surface area contributed by atoms with Crippen molar-refractivity contribution in [3.8, 4) is 0 Å². The van der Waals surface area contributed by atoms with Crippen LogP contribution >= 0.6 is 0 Å². The van der Waals surface area contributed by atoms with Crippen molar-refractivity contribution in [3.05, 3.63) is 35.9 Å². The highest BCUT2D eigenvalue weighted by molar-refractivity contribution is 5.67. The van der Waals surface area contributed by atoms with Crippen molar-refractivity contribution in [2.24, 2.45) is 5.92 Å². The van der Waals surface area contributed by atoms with E-state index in [1.165, 1.54) is 0 Å². The second kappa shape index (κ2) is 5.44. The highest BCUT2D eigenvalue weighted by Crippen LogP contribution is 2.46. The lowest BCUT2D eigenvalue weighted by molar-refractivity contribution is 0.0312. The molecule has 1 N–H and O–H groups in total. The molecule has 4 nitrogen and oxygen atoms in total. The number of rotatable bonds is 3. The van der Waals surface area contributed by atoms with Gasteiger partial charge >= 0.3 is 6.09 Å². The van der Waals surface area contributed by atoms with E-state index in [0.29, 0.717) is 25.6 Å². The van der Waals surface area contributed by atoms with Crippen molar-refractivity contribution in [2.45, 2.75) is 37.9 Å². The highest BCUT2D eigenvalue weighted by Gasteiger charge is 2.48. The number of amides is 1. The van der Waals surface area contributed by atoms with Crippen LogP contribution in [0.1, 0.15) is 31.2 Å². The van der Waals surface area contributed by atoms with E-state index in [1.807, 2.05) is 30.3 Å². The van der Waals surface area contributed by atoms with Gasteiger partial charge in [-0.25, -0.2) is 4.79 Å². The van der Waals surface area contributed by atoms with Gasteiger partial charge in [0.05, 0.1) is 5.60 Å². The Morgan fingerprint density at radius 1 is 1.25 bits per heavy atom. The Bertz CT molecular complexity index is 462. The number of likely N-dealkylation sites (tertiary alicyclic amines) is 1. The molecule has 0 atom stereocenters. The first-order chi connectivity index (χ1) is 9.67. The van der Waals surface area contributed by atoms with Crippen LogP contribution in [0.2, 0.25) is 0 Å². The minimum absolute atomic E-state index is 0.241. The van der Waals surface area contributed by atoms with E-state index in [2.05, 4.69) is 0 Å². The summed E-state index contributed by atoms with van der Waals surface area (Å²) >= 11 is 0. The van der Waals surface area contributed by atoms with E-state index in [1.54, 1.807) is 4.90 Å². The summed E-state index contributed by atoms with van der Waals surface area (Å²) in [5, 5.41) is 10.1. The number of carbonyl (C=O) groups excluding carboxylic acids is 1. The molecule has 108 valence electrons. The van der Waals surface area contributed by atoms with Crippen LogP contribution in [0.25, 0.3) is 0 Å². The molecule has 2 aliphatic rings. The first-order valence-electron chi connectivity index (χ1n) is 7.35. The van der Waals surface area contributed by atoms with Gasteiger partial charge in [0.15, 0.2) is 0 Å². The van der Waals surface area contributed by atoms with Gasteiger partial charge in [-0.15, -0.1) is 0 Å². The Labute approximate surface area is 119 Å². The van der Waals surface area contributed by atoms with Gasteiger partial charge in [-0.3, -0.25) is 0 Å². The van der Waals surface area contributed by atoms with Crippen molar-refractivity contribution < 1.29 is 14.6 Å². The van der Waals surface area contributed by atoms with Crippen molar-refractivity contribution in [1.29, 1.82) is 0 Å². The molecule has 1 aliphatic carbocycles. The average Bonchev–Trinajstić information content (AvgIpc) is 3.25. The fraction of sp³-hybridized carbons (Fsp3) is 0.562.